The van der Waals surface area contributed by atoms with E-state index in [0.29, 0.717) is 6.42 Å². The van der Waals surface area contributed by atoms with Crippen LogP contribution in [0.25, 0.3) is 0 Å². The number of nitriles is 1. The van der Waals surface area contributed by atoms with Crippen LogP contribution < -0.4 is 5.73 Å². The molecule has 0 spiro atoms. The third-order valence-corrected chi connectivity index (χ3v) is 2.80. The summed E-state index contributed by atoms with van der Waals surface area (Å²) in [5.74, 6) is 0.902. The molecule has 0 aliphatic heterocycles. The average molecular weight is 206 g/mol. The highest BCUT2D eigenvalue weighted by molar-refractivity contribution is 7.98. The predicted molar refractivity (Wildman–Crippen MR) is 60.9 cm³/mol. The molecule has 0 bridgehead atoms. The Hall–Kier alpha value is -0.980. The minimum atomic E-state index is -0.829. The van der Waals surface area contributed by atoms with Crippen LogP contribution in [0.15, 0.2) is 30.3 Å². The minimum absolute atomic E-state index is 0.689. The van der Waals surface area contributed by atoms with Gasteiger partial charge in [0, 0.05) is 0 Å². The van der Waals surface area contributed by atoms with Gasteiger partial charge in [0.25, 0.3) is 0 Å². The van der Waals surface area contributed by atoms with E-state index in [0.717, 1.165) is 11.3 Å². The molecule has 1 aromatic carbocycles. The van der Waals surface area contributed by atoms with Gasteiger partial charge in [-0.25, -0.2) is 0 Å². The Bertz CT molecular complexity index is 318. The Morgan fingerprint density at radius 1 is 1.43 bits per heavy atom. The first-order valence-corrected chi connectivity index (χ1v) is 5.87. The van der Waals surface area contributed by atoms with Crippen LogP contribution in [-0.2, 0) is 5.54 Å². The number of benzene rings is 1. The Labute approximate surface area is 89.1 Å². The Morgan fingerprint density at radius 3 is 2.57 bits per heavy atom. The molecule has 0 aromatic heterocycles. The largest absolute Gasteiger partial charge is 0.310 e. The van der Waals surface area contributed by atoms with E-state index in [2.05, 4.69) is 6.07 Å². The van der Waals surface area contributed by atoms with E-state index in [1.807, 2.05) is 36.6 Å². The summed E-state index contributed by atoms with van der Waals surface area (Å²) in [6.07, 6.45) is 2.71. The van der Waals surface area contributed by atoms with Crippen LogP contribution in [0.1, 0.15) is 12.0 Å². The molecular formula is C11H14N2S. The molecule has 2 N–H and O–H groups in total. The van der Waals surface area contributed by atoms with Crippen molar-refractivity contribution in [2.75, 3.05) is 12.0 Å². The summed E-state index contributed by atoms with van der Waals surface area (Å²) in [6.45, 7) is 0. The van der Waals surface area contributed by atoms with Crippen LogP contribution in [0.2, 0.25) is 0 Å². The summed E-state index contributed by atoms with van der Waals surface area (Å²) in [7, 11) is 0. The van der Waals surface area contributed by atoms with Crippen LogP contribution in [0.5, 0.6) is 0 Å². The van der Waals surface area contributed by atoms with Crippen molar-refractivity contribution in [3.05, 3.63) is 35.9 Å². The second-order valence-corrected chi connectivity index (χ2v) is 4.18. The average Bonchev–Trinajstić information content (AvgIpc) is 2.27. The van der Waals surface area contributed by atoms with Crippen molar-refractivity contribution in [3.63, 3.8) is 0 Å². The lowest BCUT2D eigenvalue weighted by Gasteiger charge is -2.21. The van der Waals surface area contributed by atoms with Gasteiger partial charge in [0.05, 0.1) is 6.07 Å². The van der Waals surface area contributed by atoms with E-state index in [9.17, 15) is 0 Å². The molecule has 1 atom stereocenters. The fourth-order valence-electron chi connectivity index (χ4n) is 1.26. The standard InChI is InChI=1S/C11H14N2S/c1-14-8-7-11(13,9-12)10-5-3-2-4-6-10/h2-6H,7-8,13H2,1H3. The smallest absolute Gasteiger partial charge is 0.130 e. The number of nitrogens with zero attached hydrogens (tertiary/aromatic N) is 1. The van der Waals surface area contributed by atoms with Crippen molar-refractivity contribution in [3.8, 4) is 6.07 Å². The number of thioether (sulfide) groups is 1. The molecule has 0 radical (unpaired) electrons. The zero-order valence-corrected chi connectivity index (χ0v) is 9.05. The molecule has 0 saturated carbocycles. The Balaban J connectivity index is 2.86. The fourth-order valence-corrected chi connectivity index (χ4v) is 1.79. The summed E-state index contributed by atoms with van der Waals surface area (Å²) < 4.78 is 0. The van der Waals surface area contributed by atoms with Crippen molar-refractivity contribution < 1.29 is 0 Å². The molecule has 74 valence electrons. The molecule has 14 heavy (non-hydrogen) atoms. The highest BCUT2D eigenvalue weighted by atomic mass is 32.2. The van der Waals surface area contributed by atoms with Gasteiger partial charge in [0.2, 0.25) is 0 Å². The molecule has 0 saturated heterocycles. The van der Waals surface area contributed by atoms with Crippen molar-refractivity contribution in [2.24, 2.45) is 5.73 Å². The van der Waals surface area contributed by atoms with Crippen LogP contribution in [0.4, 0.5) is 0 Å². The van der Waals surface area contributed by atoms with E-state index in [-0.39, 0.29) is 0 Å². The minimum Gasteiger partial charge on any atom is -0.310 e. The van der Waals surface area contributed by atoms with Crippen LogP contribution >= 0.6 is 11.8 Å². The second kappa shape index (κ2) is 5.04. The first-order chi connectivity index (χ1) is 6.73. The fraction of sp³-hybridized carbons (Fsp3) is 0.364. The van der Waals surface area contributed by atoms with Crippen molar-refractivity contribution in [1.29, 1.82) is 5.26 Å². The molecule has 0 aliphatic carbocycles. The van der Waals surface area contributed by atoms with Gasteiger partial charge in [0.1, 0.15) is 5.54 Å². The maximum absolute atomic E-state index is 9.08. The van der Waals surface area contributed by atoms with Gasteiger partial charge < -0.3 is 5.73 Å². The molecule has 1 aromatic rings. The third kappa shape index (κ3) is 2.50. The molecular weight excluding hydrogens is 192 g/mol. The third-order valence-electron chi connectivity index (χ3n) is 2.19. The summed E-state index contributed by atoms with van der Waals surface area (Å²) in [6, 6.07) is 11.8. The zero-order chi connectivity index (χ0) is 10.4. The zero-order valence-electron chi connectivity index (χ0n) is 8.23. The molecule has 3 heteroatoms. The van der Waals surface area contributed by atoms with Gasteiger partial charge >= 0.3 is 0 Å². The van der Waals surface area contributed by atoms with Crippen molar-refractivity contribution >= 4 is 11.8 Å². The lowest BCUT2D eigenvalue weighted by Crippen LogP contribution is -2.35. The maximum Gasteiger partial charge on any atom is 0.130 e. The Kier molecular flexibility index (Phi) is 3.99. The highest BCUT2D eigenvalue weighted by Gasteiger charge is 2.25. The quantitative estimate of drug-likeness (QED) is 0.821. The molecule has 2 nitrogen and oxygen atoms in total. The van der Waals surface area contributed by atoms with Gasteiger partial charge in [-0.05, 0) is 24.0 Å². The van der Waals surface area contributed by atoms with E-state index in [1.165, 1.54) is 0 Å². The molecule has 0 fully saturated rings. The van der Waals surface area contributed by atoms with Gasteiger partial charge in [-0.3, -0.25) is 0 Å². The molecule has 0 heterocycles. The van der Waals surface area contributed by atoms with Crippen LogP contribution in [0.3, 0.4) is 0 Å². The van der Waals surface area contributed by atoms with Gasteiger partial charge in [-0.2, -0.15) is 17.0 Å². The summed E-state index contributed by atoms with van der Waals surface area (Å²) >= 11 is 1.71. The van der Waals surface area contributed by atoms with Crippen LogP contribution in [0, 0.1) is 11.3 Å². The summed E-state index contributed by atoms with van der Waals surface area (Å²) in [5.41, 5.74) is 6.10. The van der Waals surface area contributed by atoms with Crippen LogP contribution in [-0.4, -0.2) is 12.0 Å². The summed E-state index contributed by atoms with van der Waals surface area (Å²) in [4.78, 5) is 0. The Morgan fingerprint density at radius 2 is 2.07 bits per heavy atom. The number of nitrogens with two attached hydrogens (primary N) is 1. The van der Waals surface area contributed by atoms with E-state index < -0.39 is 5.54 Å². The highest BCUT2D eigenvalue weighted by Crippen LogP contribution is 2.22. The first-order valence-electron chi connectivity index (χ1n) is 4.47. The predicted octanol–water partition coefficient (Wildman–Crippen LogP) is 2.12. The molecule has 0 amide bonds. The van der Waals surface area contributed by atoms with Crippen molar-refractivity contribution in [2.45, 2.75) is 12.0 Å². The molecule has 0 aliphatic rings. The van der Waals surface area contributed by atoms with E-state index in [4.69, 9.17) is 11.0 Å². The molecule has 1 rings (SSSR count). The normalized spacial score (nSPS) is 14.4. The number of rotatable bonds is 4. The van der Waals surface area contributed by atoms with E-state index >= 15 is 0 Å². The lowest BCUT2D eigenvalue weighted by molar-refractivity contribution is 0.560. The van der Waals surface area contributed by atoms with E-state index in [1.54, 1.807) is 11.8 Å². The topological polar surface area (TPSA) is 49.8 Å². The maximum atomic E-state index is 9.08. The number of hydrogen-bond acceptors (Lipinski definition) is 3. The van der Waals surface area contributed by atoms with Gasteiger partial charge in [-0.1, -0.05) is 30.3 Å². The lowest BCUT2D eigenvalue weighted by atomic mass is 9.90. The second-order valence-electron chi connectivity index (χ2n) is 3.19. The summed E-state index contributed by atoms with van der Waals surface area (Å²) in [5, 5.41) is 9.08. The monoisotopic (exact) mass is 206 g/mol. The SMILES string of the molecule is CSCCC(N)(C#N)c1ccccc1. The van der Waals surface area contributed by atoms with Gasteiger partial charge in [0.15, 0.2) is 0 Å². The van der Waals surface area contributed by atoms with Crippen molar-refractivity contribution in [1.82, 2.24) is 0 Å². The van der Waals surface area contributed by atoms with Gasteiger partial charge in [-0.15, -0.1) is 0 Å². The number of hydrogen-bond donors (Lipinski definition) is 1. The first kappa shape index (κ1) is 11.1. The molecule has 1 unspecified atom stereocenters.